The van der Waals surface area contributed by atoms with Gasteiger partial charge in [-0.15, -0.1) is 0 Å². The highest BCUT2D eigenvalue weighted by Crippen LogP contribution is 2.32. The summed E-state index contributed by atoms with van der Waals surface area (Å²) in [5, 5.41) is 13.5. The minimum atomic E-state index is -0.633. The fourth-order valence-corrected chi connectivity index (χ4v) is 4.35. The highest BCUT2D eigenvalue weighted by atomic mass is 16.1. The summed E-state index contributed by atoms with van der Waals surface area (Å²) in [7, 11) is 3.80. The van der Waals surface area contributed by atoms with Crippen LogP contribution in [-0.4, -0.2) is 39.6 Å². The van der Waals surface area contributed by atoms with Crippen LogP contribution < -0.4 is 21.7 Å². The van der Waals surface area contributed by atoms with Crippen LogP contribution in [0.5, 0.6) is 0 Å². The number of carbonyl (C=O) groups is 1. The number of benzene rings is 1. The molecule has 1 aromatic carbocycles. The number of fused-ring (bicyclic) bond motifs is 1. The average molecular weight is 419 g/mol. The minimum absolute atomic E-state index is 0.0471. The van der Waals surface area contributed by atoms with Crippen LogP contribution in [0.3, 0.4) is 0 Å². The molecule has 2 aromatic heterocycles. The molecule has 4 rings (SSSR count). The number of anilines is 3. The molecule has 1 aliphatic rings. The van der Waals surface area contributed by atoms with Crippen molar-refractivity contribution < 1.29 is 4.79 Å². The van der Waals surface area contributed by atoms with Gasteiger partial charge in [0.2, 0.25) is 5.95 Å². The predicted octanol–water partition coefficient (Wildman–Crippen LogP) is 2.39. The number of amides is 1. The number of carbonyl (C=O) groups excluding carboxylic acids is 1. The fraction of sp³-hybridized carbons (Fsp3) is 0.364. The second-order valence-corrected chi connectivity index (χ2v) is 8.01. The van der Waals surface area contributed by atoms with Crippen molar-refractivity contribution >= 4 is 34.3 Å². The molecule has 31 heavy (non-hydrogen) atoms. The lowest BCUT2D eigenvalue weighted by atomic mass is 9.90. The summed E-state index contributed by atoms with van der Waals surface area (Å²) in [5.41, 5.74) is 14.2. The van der Waals surface area contributed by atoms with Crippen LogP contribution in [-0.2, 0) is 7.05 Å². The van der Waals surface area contributed by atoms with E-state index in [0.717, 1.165) is 36.6 Å². The molecule has 0 saturated heterocycles. The zero-order valence-corrected chi connectivity index (χ0v) is 17.7. The molecule has 1 amide bonds. The Hall–Kier alpha value is -3.64. The normalized spacial score (nSPS) is 18.5. The van der Waals surface area contributed by atoms with Crippen molar-refractivity contribution in [3.63, 3.8) is 0 Å². The number of primary amides is 1. The maximum atomic E-state index is 12.0. The topological polar surface area (TPSA) is 139 Å². The van der Waals surface area contributed by atoms with E-state index < -0.39 is 5.91 Å². The molecule has 2 heterocycles. The second kappa shape index (κ2) is 8.24. The van der Waals surface area contributed by atoms with Crippen LogP contribution in [0.1, 0.15) is 41.6 Å². The monoisotopic (exact) mass is 418 g/mol. The maximum Gasteiger partial charge on any atom is 0.254 e. The highest BCUT2D eigenvalue weighted by Gasteiger charge is 2.28. The molecule has 160 valence electrons. The van der Waals surface area contributed by atoms with Gasteiger partial charge >= 0.3 is 0 Å². The summed E-state index contributed by atoms with van der Waals surface area (Å²) in [4.78, 5) is 23.0. The Morgan fingerprint density at radius 1 is 1.35 bits per heavy atom. The fourth-order valence-electron chi connectivity index (χ4n) is 4.35. The molecule has 2 atom stereocenters. The molecule has 3 aromatic rings. The van der Waals surface area contributed by atoms with Crippen molar-refractivity contribution in [1.29, 1.82) is 5.26 Å². The van der Waals surface area contributed by atoms with Crippen LogP contribution >= 0.6 is 0 Å². The van der Waals surface area contributed by atoms with Gasteiger partial charge in [-0.1, -0.05) is 18.9 Å². The molecule has 0 spiro atoms. The Balaban J connectivity index is 1.76. The van der Waals surface area contributed by atoms with Gasteiger partial charge in [-0.2, -0.15) is 10.2 Å². The molecule has 1 saturated carbocycles. The summed E-state index contributed by atoms with van der Waals surface area (Å²) in [5.74, 6) is 0.136. The van der Waals surface area contributed by atoms with E-state index in [1.54, 1.807) is 6.20 Å². The number of nitrogens with two attached hydrogens (primary N) is 2. The van der Waals surface area contributed by atoms with Crippen molar-refractivity contribution in [2.75, 3.05) is 17.3 Å². The van der Waals surface area contributed by atoms with Crippen LogP contribution in [0.2, 0.25) is 0 Å². The molecule has 0 aliphatic heterocycles. The van der Waals surface area contributed by atoms with Crippen LogP contribution in [0, 0.1) is 11.3 Å². The van der Waals surface area contributed by atoms with E-state index in [1.165, 1.54) is 6.20 Å². The molecule has 9 heteroatoms. The lowest BCUT2D eigenvalue weighted by molar-refractivity contribution is 0.100. The van der Waals surface area contributed by atoms with E-state index in [2.05, 4.69) is 21.4 Å². The van der Waals surface area contributed by atoms with Gasteiger partial charge in [0, 0.05) is 44.0 Å². The molecule has 1 aliphatic carbocycles. The smallest absolute Gasteiger partial charge is 0.254 e. The number of aromatic nitrogens is 3. The van der Waals surface area contributed by atoms with Crippen molar-refractivity contribution in [3.8, 4) is 6.07 Å². The van der Waals surface area contributed by atoms with Crippen molar-refractivity contribution in [2.45, 2.75) is 37.8 Å². The van der Waals surface area contributed by atoms with Gasteiger partial charge in [-0.05, 0) is 25.0 Å². The second-order valence-electron chi connectivity index (χ2n) is 8.01. The first-order valence-electron chi connectivity index (χ1n) is 10.3. The third kappa shape index (κ3) is 3.78. The summed E-state index contributed by atoms with van der Waals surface area (Å²) in [6.07, 6.45) is 7.38. The van der Waals surface area contributed by atoms with E-state index in [4.69, 9.17) is 11.5 Å². The van der Waals surface area contributed by atoms with Gasteiger partial charge in [0.25, 0.3) is 5.91 Å². The maximum absolute atomic E-state index is 12.0. The van der Waals surface area contributed by atoms with E-state index in [1.807, 2.05) is 41.8 Å². The summed E-state index contributed by atoms with van der Waals surface area (Å²) >= 11 is 0. The lowest BCUT2D eigenvalue weighted by Crippen LogP contribution is -2.48. The molecule has 5 N–H and O–H groups in total. The summed E-state index contributed by atoms with van der Waals surface area (Å²) in [6, 6.07) is 8.05. The number of aryl methyl sites for hydroxylation is 1. The minimum Gasteiger partial charge on any atom is -0.365 e. The first-order valence-corrected chi connectivity index (χ1v) is 10.3. The van der Waals surface area contributed by atoms with Crippen molar-refractivity contribution in [1.82, 2.24) is 14.5 Å². The summed E-state index contributed by atoms with van der Waals surface area (Å²) in [6.45, 7) is 0. The van der Waals surface area contributed by atoms with E-state index >= 15 is 0 Å². The number of rotatable bonds is 5. The van der Waals surface area contributed by atoms with Crippen LogP contribution in [0.4, 0.5) is 17.5 Å². The van der Waals surface area contributed by atoms with Gasteiger partial charge < -0.3 is 26.3 Å². The van der Waals surface area contributed by atoms with E-state index in [0.29, 0.717) is 23.0 Å². The quantitative estimate of drug-likeness (QED) is 0.578. The van der Waals surface area contributed by atoms with Gasteiger partial charge in [0.05, 0.1) is 16.8 Å². The van der Waals surface area contributed by atoms with Crippen LogP contribution in [0.25, 0.3) is 10.9 Å². The molecular formula is C22H26N8O. The van der Waals surface area contributed by atoms with Gasteiger partial charge in [0.1, 0.15) is 17.5 Å². The van der Waals surface area contributed by atoms with Gasteiger partial charge in [-0.3, -0.25) is 4.79 Å². The Kier molecular flexibility index (Phi) is 5.48. The molecular weight excluding hydrogens is 392 g/mol. The number of nitrogens with zero attached hydrogens (tertiary/aromatic N) is 5. The molecule has 9 nitrogen and oxygen atoms in total. The van der Waals surface area contributed by atoms with Crippen molar-refractivity contribution in [3.05, 3.63) is 41.7 Å². The molecule has 0 bridgehead atoms. The standard InChI is InChI=1S/C22H26N8O/c1-29-12-13(10-23)19-16(7-5-9-18(19)29)27-21-14(20(25)31)11-26-22(28-21)30(2)17-8-4-3-6-15(17)24/h5,7,9,11-12,15,17H,3-4,6,8,24H2,1-2H3,(H2,25,31)(H,26,27,28). The van der Waals surface area contributed by atoms with Crippen molar-refractivity contribution in [2.24, 2.45) is 18.5 Å². The third-order valence-corrected chi connectivity index (χ3v) is 6.02. The first kappa shape index (κ1) is 20.6. The Labute approximate surface area is 180 Å². The molecule has 1 fully saturated rings. The molecule has 0 radical (unpaired) electrons. The lowest BCUT2D eigenvalue weighted by Gasteiger charge is -2.36. The zero-order valence-electron chi connectivity index (χ0n) is 17.7. The van der Waals surface area contributed by atoms with E-state index in [9.17, 15) is 10.1 Å². The number of hydrogen-bond acceptors (Lipinski definition) is 7. The Bertz CT molecular complexity index is 1180. The average Bonchev–Trinajstić information content (AvgIpc) is 3.10. The number of nitriles is 1. The van der Waals surface area contributed by atoms with Gasteiger partial charge in [-0.25, -0.2) is 4.98 Å². The first-order chi connectivity index (χ1) is 14.9. The summed E-state index contributed by atoms with van der Waals surface area (Å²) < 4.78 is 1.89. The predicted molar refractivity (Wildman–Crippen MR) is 120 cm³/mol. The van der Waals surface area contributed by atoms with Crippen LogP contribution in [0.15, 0.2) is 30.6 Å². The number of likely N-dealkylation sites (N-methyl/N-ethyl adjacent to an activating group) is 1. The van der Waals surface area contributed by atoms with Gasteiger partial charge in [0.15, 0.2) is 0 Å². The number of nitrogens with one attached hydrogen (secondary N) is 1. The third-order valence-electron chi connectivity index (χ3n) is 6.02. The molecule has 2 unspecified atom stereocenters. The number of hydrogen-bond donors (Lipinski definition) is 3. The Morgan fingerprint density at radius 3 is 2.84 bits per heavy atom. The Morgan fingerprint density at radius 2 is 2.13 bits per heavy atom. The largest absolute Gasteiger partial charge is 0.365 e. The van der Waals surface area contributed by atoms with E-state index in [-0.39, 0.29) is 17.6 Å². The SMILES string of the molecule is CN(c1ncc(C(N)=O)c(Nc2cccc3c2c(C#N)cn3C)n1)C1CCCCC1N. The highest BCUT2D eigenvalue weighted by molar-refractivity contribution is 6.02. The zero-order chi connectivity index (χ0) is 22.1.